The Morgan fingerprint density at radius 1 is 1.06 bits per heavy atom. The van der Waals surface area contributed by atoms with Crippen LogP contribution in [0, 0.1) is 6.07 Å². The van der Waals surface area contributed by atoms with Gasteiger partial charge in [0.1, 0.15) is 0 Å². The second-order valence-electron chi connectivity index (χ2n) is 4.03. The fraction of sp³-hybridized carbons (Fsp3) is 0.200. The number of rotatable bonds is 2. The number of halogens is 1. The standard InChI is InChI=1S/C15H15.BrH.Zn/c1-12(2)14-10-6-7-11-15(14)13-8-4-3-5-9-13;;/h3-4,6-12H,1-2H3;1H;/q-1;;+2/p-1. The molecule has 0 heterocycles. The van der Waals surface area contributed by atoms with Gasteiger partial charge in [-0.05, 0) is 11.5 Å². The Morgan fingerprint density at radius 2 is 1.76 bits per heavy atom. The van der Waals surface area contributed by atoms with E-state index in [-0.39, 0.29) is 0 Å². The van der Waals surface area contributed by atoms with Crippen LogP contribution in [0.5, 0.6) is 0 Å². The summed E-state index contributed by atoms with van der Waals surface area (Å²) in [5.41, 5.74) is 3.98. The van der Waals surface area contributed by atoms with Crippen LogP contribution in [0.2, 0.25) is 0 Å². The Balaban J connectivity index is 0.000000686. The first kappa shape index (κ1) is 14.6. The summed E-state index contributed by atoms with van der Waals surface area (Å²) in [6, 6.07) is 19.8. The fourth-order valence-electron chi connectivity index (χ4n) is 1.82. The third-order valence-corrected chi connectivity index (χ3v) is 2.60. The molecule has 0 aliphatic heterocycles. The zero-order valence-electron chi connectivity index (χ0n) is 10.3. The van der Waals surface area contributed by atoms with E-state index in [0.29, 0.717) is 5.92 Å². The Bertz CT molecular complexity index is 438. The average Bonchev–Trinajstić information content (AvgIpc) is 2.42. The molecule has 0 amide bonds. The van der Waals surface area contributed by atoms with Gasteiger partial charge in [-0.2, -0.15) is 30.3 Å². The summed E-state index contributed by atoms with van der Waals surface area (Å²) in [6.07, 6.45) is 0. The zero-order chi connectivity index (χ0) is 12.7. The van der Waals surface area contributed by atoms with Gasteiger partial charge in [-0.15, -0.1) is 5.56 Å². The molecule has 2 rings (SSSR count). The molecule has 0 saturated heterocycles. The normalized spacial score (nSPS) is 9.76. The summed E-state index contributed by atoms with van der Waals surface area (Å²) in [5, 5.41) is 0. The van der Waals surface area contributed by atoms with Crippen LogP contribution in [0.4, 0.5) is 0 Å². The van der Waals surface area contributed by atoms with Gasteiger partial charge in [-0.3, -0.25) is 0 Å². The summed E-state index contributed by atoms with van der Waals surface area (Å²) in [4.78, 5) is 0. The molecular formula is C15H15BrZn. The van der Waals surface area contributed by atoms with Crippen molar-refractivity contribution in [3.63, 3.8) is 0 Å². The summed E-state index contributed by atoms with van der Waals surface area (Å²) >= 11 is 4.25. The molecule has 0 fully saturated rings. The van der Waals surface area contributed by atoms with Crippen LogP contribution in [0.3, 0.4) is 0 Å². The van der Waals surface area contributed by atoms with Gasteiger partial charge in [0.05, 0.1) is 0 Å². The molecule has 0 bridgehead atoms. The van der Waals surface area contributed by atoms with E-state index in [1.165, 1.54) is 33.0 Å². The molecule has 0 radical (unpaired) electrons. The van der Waals surface area contributed by atoms with E-state index >= 15 is 0 Å². The second-order valence-corrected chi connectivity index (χ2v) is 4.03. The van der Waals surface area contributed by atoms with Crippen LogP contribution < -0.4 is 0 Å². The molecule has 0 atom stereocenters. The second kappa shape index (κ2) is 7.79. The molecule has 2 heteroatoms. The first-order chi connectivity index (χ1) is 8.29. The summed E-state index contributed by atoms with van der Waals surface area (Å²) in [7, 11) is 0. The Labute approximate surface area is 120 Å². The van der Waals surface area contributed by atoms with Crippen LogP contribution in [-0.4, -0.2) is 0 Å². The molecule has 17 heavy (non-hydrogen) atoms. The van der Waals surface area contributed by atoms with Gasteiger partial charge in [0.15, 0.2) is 0 Å². The molecule has 0 spiro atoms. The molecule has 0 aliphatic rings. The quantitative estimate of drug-likeness (QED) is 0.526. The topological polar surface area (TPSA) is 0 Å². The summed E-state index contributed by atoms with van der Waals surface area (Å²) in [6.45, 7) is 4.46. The van der Waals surface area contributed by atoms with Gasteiger partial charge < -0.3 is 0 Å². The van der Waals surface area contributed by atoms with Gasteiger partial charge in [-0.1, -0.05) is 43.7 Å². The SMILES string of the molecule is CC(C)c1ccccc1-c1c[c-]ccc1.[Zn+][Br]. The molecule has 2 aromatic rings. The van der Waals surface area contributed by atoms with E-state index in [4.69, 9.17) is 0 Å². The van der Waals surface area contributed by atoms with Crippen LogP contribution in [0.25, 0.3) is 11.1 Å². The predicted octanol–water partition coefficient (Wildman–Crippen LogP) is 5.12. The third kappa shape index (κ3) is 4.05. The fourth-order valence-corrected chi connectivity index (χ4v) is 1.82. The van der Waals surface area contributed by atoms with Crippen molar-refractivity contribution in [2.45, 2.75) is 19.8 Å². The van der Waals surface area contributed by atoms with Crippen molar-refractivity contribution in [1.29, 1.82) is 0 Å². The van der Waals surface area contributed by atoms with Crippen molar-refractivity contribution in [3.05, 3.63) is 60.2 Å². The van der Waals surface area contributed by atoms with Crippen molar-refractivity contribution < 1.29 is 16.3 Å². The molecular weight excluding hydrogens is 325 g/mol. The van der Waals surface area contributed by atoms with Crippen LogP contribution in [0.1, 0.15) is 25.3 Å². The van der Waals surface area contributed by atoms with Crippen molar-refractivity contribution in [2.75, 3.05) is 0 Å². The van der Waals surface area contributed by atoms with Crippen LogP contribution in [-0.2, 0) is 16.3 Å². The number of benzene rings is 2. The van der Waals surface area contributed by atoms with Crippen molar-refractivity contribution in [3.8, 4) is 11.1 Å². The third-order valence-electron chi connectivity index (χ3n) is 2.60. The van der Waals surface area contributed by atoms with Gasteiger partial charge in [0, 0.05) is 0 Å². The van der Waals surface area contributed by atoms with Crippen molar-refractivity contribution >= 4 is 13.6 Å². The van der Waals surface area contributed by atoms with Crippen LogP contribution >= 0.6 is 13.6 Å². The molecule has 0 aliphatic carbocycles. The van der Waals surface area contributed by atoms with Gasteiger partial charge in [0.2, 0.25) is 0 Å². The van der Waals surface area contributed by atoms with E-state index in [0.717, 1.165) is 0 Å². The summed E-state index contributed by atoms with van der Waals surface area (Å²) in [5.74, 6) is 0.557. The number of hydrogen-bond acceptors (Lipinski definition) is 0. The molecule has 0 aromatic heterocycles. The Hall–Kier alpha value is -0.457. The average molecular weight is 341 g/mol. The summed E-state index contributed by atoms with van der Waals surface area (Å²) < 4.78 is 0. The van der Waals surface area contributed by atoms with E-state index in [9.17, 15) is 0 Å². The minimum absolute atomic E-state index is 0.557. The van der Waals surface area contributed by atoms with Crippen LogP contribution in [0.15, 0.2) is 48.5 Å². The predicted molar refractivity (Wildman–Crippen MR) is 73.7 cm³/mol. The monoisotopic (exact) mass is 338 g/mol. The van der Waals surface area contributed by atoms with E-state index < -0.39 is 0 Å². The molecule has 0 saturated carbocycles. The molecule has 0 N–H and O–H groups in total. The number of hydrogen-bond donors (Lipinski definition) is 0. The Kier molecular flexibility index (Phi) is 6.69. The zero-order valence-corrected chi connectivity index (χ0v) is 14.8. The maximum atomic E-state index is 3.13. The van der Waals surface area contributed by atoms with Gasteiger partial charge in [-0.25, -0.2) is 0 Å². The minimum atomic E-state index is 0.557. The molecule has 84 valence electrons. The van der Waals surface area contributed by atoms with Gasteiger partial charge >= 0.3 is 30.0 Å². The van der Waals surface area contributed by atoms with Gasteiger partial charge in [0.25, 0.3) is 0 Å². The first-order valence-corrected chi connectivity index (χ1v) is 12.6. The van der Waals surface area contributed by atoms with E-state index in [2.05, 4.69) is 63.9 Å². The van der Waals surface area contributed by atoms with E-state index in [1.54, 1.807) is 0 Å². The van der Waals surface area contributed by atoms with E-state index in [1.807, 2.05) is 18.2 Å². The van der Waals surface area contributed by atoms with Crippen molar-refractivity contribution in [1.82, 2.24) is 0 Å². The first-order valence-electron chi connectivity index (χ1n) is 5.61. The van der Waals surface area contributed by atoms with Crippen molar-refractivity contribution in [2.24, 2.45) is 0 Å². The molecule has 0 nitrogen and oxygen atoms in total. The maximum absolute atomic E-state index is 3.13. The Morgan fingerprint density at radius 3 is 2.35 bits per heavy atom. The molecule has 2 aromatic carbocycles. The molecule has 0 unspecified atom stereocenters.